The van der Waals surface area contributed by atoms with Gasteiger partial charge in [-0.2, -0.15) is 0 Å². The first-order chi connectivity index (χ1) is 10.3. The number of nitrogens with one attached hydrogen (secondary N) is 1. The van der Waals surface area contributed by atoms with Crippen LogP contribution in [0, 0.1) is 0 Å². The lowest BCUT2D eigenvalue weighted by Gasteiger charge is -2.18. The van der Waals surface area contributed by atoms with Crippen LogP contribution in [0.1, 0.15) is 53.1 Å². The summed E-state index contributed by atoms with van der Waals surface area (Å²) in [5.41, 5.74) is 2.85. The maximum atomic E-state index is 6.19. The highest BCUT2D eigenvalue weighted by atomic mass is 35.5. The summed E-state index contributed by atoms with van der Waals surface area (Å²) in [5.74, 6) is 0. The molecule has 3 heteroatoms. The summed E-state index contributed by atoms with van der Waals surface area (Å²) in [6.07, 6.45) is 6.34. The van der Waals surface area contributed by atoms with Crippen LogP contribution >= 0.6 is 22.9 Å². The Morgan fingerprint density at radius 3 is 2.86 bits per heavy atom. The monoisotopic (exact) mass is 319 g/mol. The summed E-state index contributed by atoms with van der Waals surface area (Å²) in [6.45, 7) is 3.24. The average molecular weight is 320 g/mol. The molecule has 1 aliphatic carbocycles. The van der Waals surface area contributed by atoms with Crippen molar-refractivity contribution in [3.63, 3.8) is 0 Å². The molecule has 21 heavy (non-hydrogen) atoms. The molecule has 0 aliphatic heterocycles. The van der Waals surface area contributed by atoms with E-state index in [-0.39, 0.29) is 6.04 Å². The van der Waals surface area contributed by atoms with Crippen LogP contribution in [-0.4, -0.2) is 6.54 Å². The van der Waals surface area contributed by atoms with Crippen molar-refractivity contribution >= 4 is 22.9 Å². The predicted molar refractivity (Wildman–Crippen MR) is 92.5 cm³/mol. The zero-order valence-electron chi connectivity index (χ0n) is 12.5. The largest absolute Gasteiger partial charge is 0.306 e. The van der Waals surface area contributed by atoms with E-state index in [2.05, 4.69) is 30.4 Å². The SMILES string of the molecule is CCCNC(c1cccc(Cl)c1)c1cc2c(s1)CCCC2. The van der Waals surface area contributed by atoms with Gasteiger partial charge in [0, 0.05) is 14.8 Å². The maximum absolute atomic E-state index is 6.19. The number of hydrogen-bond donors (Lipinski definition) is 1. The Balaban J connectivity index is 1.93. The van der Waals surface area contributed by atoms with E-state index in [4.69, 9.17) is 11.6 Å². The van der Waals surface area contributed by atoms with Gasteiger partial charge in [-0.05, 0) is 68.0 Å². The Morgan fingerprint density at radius 2 is 2.10 bits per heavy atom. The van der Waals surface area contributed by atoms with Crippen molar-refractivity contribution < 1.29 is 0 Å². The van der Waals surface area contributed by atoms with Crippen LogP contribution in [0.15, 0.2) is 30.3 Å². The molecule has 0 radical (unpaired) electrons. The molecule has 0 fully saturated rings. The second-order valence-corrected chi connectivity index (χ2v) is 7.35. The molecule has 112 valence electrons. The molecule has 0 saturated carbocycles. The van der Waals surface area contributed by atoms with E-state index >= 15 is 0 Å². The number of hydrogen-bond acceptors (Lipinski definition) is 2. The second-order valence-electron chi connectivity index (χ2n) is 5.75. The van der Waals surface area contributed by atoms with Gasteiger partial charge in [0.1, 0.15) is 0 Å². The maximum Gasteiger partial charge on any atom is 0.0671 e. The fraction of sp³-hybridized carbons (Fsp3) is 0.444. The minimum atomic E-state index is 0.277. The molecule has 0 spiro atoms. The number of thiophene rings is 1. The van der Waals surface area contributed by atoms with E-state index in [1.54, 1.807) is 10.4 Å². The van der Waals surface area contributed by atoms with Crippen molar-refractivity contribution in [1.82, 2.24) is 5.32 Å². The standard InChI is InChI=1S/C18H22ClNS/c1-2-10-20-18(14-7-5-8-15(19)11-14)17-12-13-6-3-4-9-16(13)21-17/h5,7-8,11-12,18,20H,2-4,6,9-10H2,1H3. The summed E-state index contributed by atoms with van der Waals surface area (Å²) >= 11 is 8.18. The van der Waals surface area contributed by atoms with E-state index in [0.29, 0.717) is 0 Å². The van der Waals surface area contributed by atoms with E-state index in [0.717, 1.165) is 18.0 Å². The van der Waals surface area contributed by atoms with Gasteiger partial charge in [-0.3, -0.25) is 0 Å². The molecule has 1 aromatic carbocycles. The Kier molecular flexibility index (Phi) is 4.99. The Bertz CT molecular complexity index is 582. The third-order valence-corrected chi connectivity index (χ3v) is 5.62. The lowest BCUT2D eigenvalue weighted by Crippen LogP contribution is -2.22. The van der Waals surface area contributed by atoms with E-state index in [1.807, 2.05) is 23.5 Å². The highest BCUT2D eigenvalue weighted by molar-refractivity contribution is 7.12. The molecular formula is C18H22ClNS. The van der Waals surface area contributed by atoms with Gasteiger partial charge in [0.15, 0.2) is 0 Å². The third-order valence-electron chi connectivity index (χ3n) is 4.08. The normalized spacial score (nSPS) is 15.7. The number of fused-ring (bicyclic) bond motifs is 1. The smallest absolute Gasteiger partial charge is 0.0671 e. The Morgan fingerprint density at radius 1 is 1.24 bits per heavy atom. The summed E-state index contributed by atoms with van der Waals surface area (Å²) < 4.78 is 0. The number of rotatable bonds is 5. The van der Waals surface area contributed by atoms with Crippen LogP contribution in [0.5, 0.6) is 0 Å². The van der Waals surface area contributed by atoms with Crippen molar-refractivity contribution in [3.05, 3.63) is 56.2 Å². The molecule has 1 unspecified atom stereocenters. The molecule has 1 N–H and O–H groups in total. The van der Waals surface area contributed by atoms with Crippen molar-refractivity contribution in [2.24, 2.45) is 0 Å². The Hall–Kier alpha value is -0.830. The summed E-state index contributed by atoms with van der Waals surface area (Å²) in [7, 11) is 0. The van der Waals surface area contributed by atoms with Crippen molar-refractivity contribution in [3.8, 4) is 0 Å². The molecular weight excluding hydrogens is 298 g/mol. The summed E-state index contributed by atoms with van der Waals surface area (Å²) in [6, 6.07) is 11.0. The van der Waals surface area contributed by atoms with Crippen LogP contribution in [0.2, 0.25) is 5.02 Å². The van der Waals surface area contributed by atoms with Crippen LogP contribution in [0.4, 0.5) is 0 Å². The Labute approximate surface area is 136 Å². The van der Waals surface area contributed by atoms with Gasteiger partial charge >= 0.3 is 0 Å². The van der Waals surface area contributed by atoms with Gasteiger partial charge in [0.2, 0.25) is 0 Å². The highest BCUT2D eigenvalue weighted by Gasteiger charge is 2.20. The van der Waals surface area contributed by atoms with Gasteiger partial charge < -0.3 is 5.32 Å². The van der Waals surface area contributed by atoms with Gasteiger partial charge in [-0.15, -0.1) is 11.3 Å². The van der Waals surface area contributed by atoms with Crippen LogP contribution in [0.3, 0.4) is 0 Å². The minimum absolute atomic E-state index is 0.277. The third kappa shape index (κ3) is 3.50. The van der Waals surface area contributed by atoms with Crippen molar-refractivity contribution in [2.75, 3.05) is 6.54 Å². The second kappa shape index (κ2) is 6.95. The summed E-state index contributed by atoms with van der Waals surface area (Å²) in [4.78, 5) is 3.04. The van der Waals surface area contributed by atoms with Gasteiger partial charge in [-0.25, -0.2) is 0 Å². The minimum Gasteiger partial charge on any atom is -0.306 e. The average Bonchev–Trinajstić information content (AvgIpc) is 2.91. The lowest BCUT2D eigenvalue weighted by molar-refractivity contribution is 0.605. The zero-order chi connectivity index (χ0) is 14.7. The predicted octanol–water partition coefficient (Wildman–Crippen LogP) is 5.37. The summed E-state index contributed by atoms with van der Waals surface area (Å²) in [5, 5.41) is 4.51. The zero-order valence-corrected chi connectivity index (χ0v) is 14.1. The van der Waals surface area contributed by atoms with Crippen molar-refractivity contribution in [1.29, 1.82) is 0 Å². The first-order valence-electron chi connectivity index (χ1n) is 7.88. The van der Waals surface area contributed by atoms with Gasteiger partial charge in [0.05, 0.1) is 6.04 Å². The van der Waals surface area contributed by atoms with Gasteiger partial charge in [-0.1, -0.05) is 30.7 Å². The molecule has 1 aromatic heterocycles. The number of benzene rings is 1. The van der Waals surface area contributed by atoms with Gasteiger partial charge in [0.25, 0.3) is 0 Å². The molecule has 1 nitrogen and oxygen atoms in total. The molecule has 1 atom stereocenters. The molecule has 1 aliphatic rings. The van der Waals surface area contributed by atoms with E-state index in [9.17, 15) is 0 Å². The molecule has 0 saturated heterocycles. The quantitative estimate of drug-likeness (QED) is 0.781. The molecule has 1 heterocycles. The highest BCUT2D eigenvalue weighted by Crippen LogP contribution is 2.35. The topological polar surface area (TPSA) is 12.0 Å². The van der Waals surface area contributed by atoms with E-state index < -0.39 is 0 Å². The lowest BCUT2D eigenvalue weighted by atomic mass is 9.97. The van der Waals surface area contributed by atoms with Crippen molar-refractivity contribution in [2.45, 2.75) is 45.1 Å². The molecule has 2 aromatic rings. The molecule has 3 rings (SSSR count). The molecule has 0 amide bonds. The first-order valence-corrected chi connectivity index (χ1v) is 9.07. The first kappa shape index (κ1) is 15.1. The van der Waals surface area contributed by atoms with Crippen LogP contribution < -0.4 is 5.32 Å². The number of halogens is 1. The fourth-order valence-electron chi connectivity index (χ4n) is 3.01. The van der Waals surface area contributed by atoms with E-state index in [1.165, 1.54) is 36.1 Å². The number of aryl methyl sites for hydroxylation is 2. The van der Waals surface area contributed by atoms with Crippen LogP contribution in [0.25, 0.3) is 0 Å². The molecule has 0 bridgehead atoms. The fourth-order valence-corrected chi connectivity index (χ4v) is 4.57. The van der Waals surface area contributed by atoms with Crippen LogP contribution in [-0.2, 0) is 12.8 Å².